The maximum Gasteiger partial charge on any atom is 0.150 e. The first-order valence-electron chi connectivity index (χ1n) is 5.75. The molecule has 0 heterocycles. The Balaban J connectivity index is 2.59. The van der Waals surface area contributed by atoms with Gasteiger partial charge in [-0.15, -0.1) is 0 Å². The van der Waals surface area contributed by atoms with Crippen LogP contribution in [0.2, 0.25) is 0 Å². The minimum Gasteiger partial charge on any atom is -0.493 e. The molecular weight excluding hydrogens is 214 g/mol. The molecule has 0 fully saturated rings. The minimum atomic E-state index is 0.575. The second-order valence-electron chi connectivity index (χ2n) is 4.07. The van der Waals surface area contributed by atoms with E-state index in [0.717, 1.165) is 36.0 Å². The van der Waals surface area contributed by atoms with Gasteiger partial charge in [0.1, 0.15) is 12.0 Å². The third-order valence-corrected chi connectivity index (χ3v) is 2.55. The van der Waals surface area contributed by atoms with E-state index in [4.69, 9.17) is 10.00 Å². The van der Waals surface area contributed by atoms with Crippen LogP contribution < -0.4 is 4.74 Å². The Morgan fingerprint density at radius 1 is 1.29 bits per heavy atom. The molecular formula is C14H17NO2. The van der Waals surface area contributed by atoms with E-state index in [-0.39, 0.29) is 0 Å². The van der Waals surface area contributed by atoms with Crippen molar-refractivity contribution in [2.24, 2.45) is 0 Å². The van der Waals surface area contributed by atoms with E-state index < -0.39 is 0 Å². The van der Waals surface area contributed by atoms with Gasteiger partial charge in [0, 0.05) is 12.0 Å². The van der Waals surface area contributed by atoms with Crippen molar-refractivity contribution in [3.05, 3.63) is 28.8 Å². The zero-order valence-electron chi connectivity index (χ0n) is 10.3. The number of nitrogens with zero attached hydrogens (tertiary/aromatic N) is 1. The molecule has 90 valence electrons. The number of aldehydes is 1. The summed E-state index contributed by atoms with van der Waals surface area (Å²) in [7, 11) is 0. The van der Waals surface area contributed by atoms with Gasteiger partial charge >= 0.3 is 0 Å². The molecule has 0 radical (unpaired) electrons. The zero-order valence-corrected chi connectivity index (χ0v) is 10.3. The van der Waals surface area contributed by atoms with Gasteiger partial charge < -0.3 is 4.74 Å². The number of unbranched alkanes of at least 4 members (excludes halogenated alkanes) is 2. The summed E-state index contributed by atoms with van der Waals surface area (Å²) in [5, 5.41) is 8.40. The fourth-order valence-electron chi connectivity index (χ4n) is 1.76. The highest BCUT2D eigenvalue weighted by Crippen LogP contribution is 2.24. The monoisotopic (exact) mass is 231 g/mol. The zero-order chi connectivity index (χ0) is 12.7. The van der Waals surface area contributed by atoms with Gasteiger partial charge in [-0.25, -0.2) is 0 Å². The van der Waals surface area contributed by atoms with Gasteiger partial charge in [-0.1, -0.05) is 0 Å². The van der Waals surface area contributed by atoms with Crippen molar-refractivity contribution < 1.29 is 9.53 Å². The van der Waals surface area contributed by atoms with Gasteiger partial charge in [0.15, 0.2) is 0 Å². The van der Waals surface area contributed by atoms with Crippen molar-refractivity contribution in [2.45, 2.75) is 33.1 Å². The fraction of sp³-hybridized carbons (Fsp3) is 0.429. The van der Waals surface area contributed by atoms with Crippen molar-refractivity contribution in [1.82, 2.24) is 0 Å². The lowest BCUT2D eigenvalue weighted by atomic mass is 10.1. The minimum absolute atomic E-state index is 0.575. The lowest BCUT2D eigenvalue weighted by Crippen LogP contribution is -2.01. The number of hydrogen-bond donors (Lipinski definition) is 0. The Labute approximate surface area is 102 Å². The molecule has 3 heteroatoms. The van der Waals surface area contributed by atoms with Crippen LogP contribution >= 0.6 is 0 Å². The predicted octanol–water partition coefficient (Wildman–Crippen LogP) is 3.19. The third kappa shape index (κ3) is 3.92. The molecule has 0 saturated carbocycles. The Morgan fingerprint density at radius 3 is 2.47 bits per heavy atom. The number of benzene rings is 1. The van der Waals surface area contributed by atoms with Crippen LogP contribution in [0.1, 0.15) is 40.7 Å². The summed E-state index contributed by atoms with van der Waals surface area (Å²) in [6.45, 7) is 4.49. The normalized spacial score (nSPS) is 9.71. The topological polar surface area (TPSA) is 50.1 Å². The largest absolute Gasteiger partial charge is 0.493 e. The molecule has 17 heavy (non-hydrogen) atoms. The first-order valence-corrected chi connectivity index (χ1v) is 5.75. The molecule has 0 N–H and O–H groups in total. The highest BCUT2D eigenvalue weighted by atomic mass is 16.5. The Hall–Kier alpha value is -1.82. The standard InChI is InChI=1S/C14H17NO2/c1-11-8-13(10-16)9-12(2)14(11)17-7-5-3-4-6-15/h8-10H,3-5,7H2,1-2H3. The Morgan fingerprint density at radius 2 is 1.94 bits per heavy atom. The third-order valence-electron chi connectivity index (χ3n) is 2.55. The molecule has 0 aromatic heterocycles. The molecule has 0 amide bonds. The van der Waals surface area contributed by atoms with E-state index in [1.165, 1.54) is 0 Å². The van der Waals surface area contributed by atoms with E-state index >= 15 is 0 Å². The molecule has 0 aliphatic heterocycles. The summed E-state index contributed by atoms with van der Waals surface area (Å²) in [6, 6.07) is 5.76. The van der Waals surface area contributed by atoms with E-state index in [0.29, 0.717) is 18.6 Å². The molecule has 0 atom stereocenters. The molecule has 0 unspecified atom stereocenters. The average Bonchev–Trinajstić information content (AvgIpc) is 2.31. The number of carbonyl (C=O) groups excluding carboxylic acids is 1. The SMILES string of the molecule is Cc1cc(C=O)cc(C)c1OCCCCC#N. The highest BCUT2D eigenvalue weighted by Gasteiger charge is 2.05. The van der Waals surface area contributed by atoms with Crippen molar-refractivity contribution >= 4 is 6.29 Å². The van der Waals surface area contributed by atoms with Crippen LogP contribution in [0.15, 0.2) is 12.1 Å². The van der Waals surface area contributed by atoms with Crippen LogP contribution in [-0.2, 0) is 0 Å². The maximum absolute atomic E-state index is 10.7. The van der Waals surface area contributed by atoms with Crippen molar-refractivity contribution in [1.29, 1.82) is 5.26 Å². The molecule has 0 saturated heterocycles. The molecule has 1 rings (SSSR count). The molecule has 3 nitrogen and oxygen atoms in total. The van der Waals surface area contributed by atoms with Crippen molar-refractivity contribution in [2.75, 3.05) is 6.61 Å². The number of rotatable bonds is 6. The number of carbonyl (C=O) groups is 1. The van der Waals surface area contributed by atoms with E-state index in [2.05, 4.69) is 6.07 Å². The Bertz CT molecular complexity index is 409. The molecule has 1 aromatic carbocycles. The molecule has 1 aromatic rings. The van der Waals surface area contributed by atoms with Gasteiger partial charge in [0.2, 0.25) is 0 Å². The number of ether oxygens (including phenoxy) is 1. The van der Waals surface area contributed by atoms with Gasteiger partial charge in [0.05, 0.1) is 12.7 Å². The van der Waals surface area contributed by atoms with Gasteiger partial charge in [-0.2, -0.15) is 5.26 Å². The first kappa shape index (κ1) is 13.2. The van der Waals surface area contributed by atoms with E-state index in [9.17, 15) is 4.79 Å². The summed E-state index contributed by atoms with van der Waals surface area (Å²) >= 11 is 0. The molecule has 0 bridgehead atoms. The summed E-state index contributed by atoms with van der Waals surface area (Å²) in [5.74, 6) is 0.854. The predicted molar refractivity (Wildman–Crippen MR) is 66.3 cm³/mol. The quantitative estimate of drug-likeness (QED) is 0.558. The summed E-state index contributed by atoms with van der Waals surface area (Å²) < 4.78 is 5.69. The lowest BCUT2D eigenvalue weighted by molar-refractivity contribution is 0.112. The van der Waals surface area contributed by atoms with Gasteiger partial charge in [-0.3, -0.25) is 4.79 Å². The van der Waals surface area contributed by atoms with Crippen LogP contribution in [0.5, 0.6) is 5.75 Å². The Kier molecular flexibility index (Phi) is 5.22. The summed E-state index contributed by atoms with van der Waals surface area (Å²) in [6.07, 6.45) is 3.16. The van der Waals surface area contributed by atoms with Crippen molar-refractivity contribution in [3.63, 3.8) is 0 Å². The van der Waals surface area contributed by atoms with Crippen LogP contribution in [0, 0.1) is 25.2 Å². The second kappa shape index (κ2) is 6.70. The lowest BCUT2D eigenvalue weighted by Gasteiger charge is -2.12. The average molecular weight is 231 g/mol. The first-order chi connectivity index (χ1) is 8.19. The smallest absolute Gasteiger partial charge is 0.150 e. The summed E-state index contributed by atoms with van der Waals surface area (Å²) in [4.78, 5) is 10.7. The molecule has 0 spiro atoms. The van der Waals surface area contributed by atoms with Crippen LogP contribution in [-0.4, -0.2) is 12.9 Å². The van der Waals surface area contributed by atoms with E-state index in [1.807, 2.05) is 26.0 Å². The van der Waals surface area contributed by atoms with Crippen molar-refractivity contribution in [3.8, 4) is 11.8 Å². The summed E-state index contributed by atoms with van der Waals surface area (Å²) in [5.41, 5.74) is 2.64. The van der Waals surface area contributed by atoms with Gasteiger partial charge in [0.25, 0.3) is 0 Å². The highest BCUT2D eigenvalue weighted by molar-refractivity contribution is 5.76. The van der Waals surface area contributed by atoms with E-state index in [1.54, 1.807) is 0 Å². The molecule has 0 aliphatic rings. The van der Waals surface area contributed by atoms with Crippen LogP contribution in [0.3, 0.4) is 0 Å². The molecule has 0 aliphatic carbocycles. The van der Waals surface area contributed by atoms with Gasteiger partial charge in [-0.05, 0) is 49.9 Å². The number of nitriles is 1. The maximum atomic E-state index is 10.7. The number of hydrogen-bond acceptors (Lipinski definition) is 3. The van der Waals surface area contributed by atoms with Crippen LogP contribution in [0.4, 0.5) is 0 Å². The number of aryl methyl sites for hydroxylation is 2. The second-order valence-corrected chi connectivity index (χ2v) is 4.07. The fourth-order valence-corrected chi connectivity index (χ4v) is 1.76. The van der Waals surface area contributed by atoms with Crippen LogP contribution in [0.25, 0.3) is 0 Å².